The van der Waals surface area contributed by atoms with E-state index in [0.29, 0.717) is 5.84 Å². The molecule has 0 heterocycles. The van der Waals surface area contributed by atoms with Crippen LogP contribution < -0.4 is 5.73 Å². The van der Waals surface area contributed by atoms with Gasteiger partial charge >= 0.3 is 0 Å². The van der Waals surface area contributed by atoms with Crippen LogP contribution in [-0.4, -0.2) is 18.1 Å². The zero-order valence-corrected chi connectivity index (χ0v) is 10.4. The molecule has 1 aromatic rings. The van der Waals surface area contributed by atoms with Gasteiger partial charge in [-0.3, -0.25) is 4.99 Å². The summed E-state index contributed by atoms with van der Waals surface area (Å²) >= 11 is 5.12. The molecule has 0 atom stereocenters. The molecule has 0 unspecified atom stereocenters. The van der Waals surface area contributed by atoms with E-state index in [1.807, 2.05) is 19.1 Å². The van der Waals surface area contributed by atoms with Gasteiger partial charge in [0.05, 0.1) is 5.75 Å². The summed E-state index contributed by atoms with van der Waals surface area (Å²) in [6.45, 7) is 2.74. The minimum Gasteiger partial charge on any atom is -0.387 e. The van der Waals surface area contributed by atoms with Crippen molar-refractivity contribution >= 4 is 33.5 Å². The lowest BCUT2D eigenvalue weighted by Gasteiger charge is -2.01. The van der Waals surface area contributed by atoms with Crippen molar-refractivity contribution < 1.29 is 0 Å². The first-order valence-corrected chi connectivity index (χ1v) is 6.17. The summed E-state index contributed by atoms with van der Waals surface area (Å²) in [4.78, 5) is 5.33. The van der Waals surface area contributed by atoms with Gasteiger partial charge in [0.2, 0.25) is 0 Å². The van der Waals surface area contributed by atoms with E-state index in [1.165, 1.54) is 4.90 Å². The third-order valence-electron chi connectivity index (χ3n) is 1.54. The Hall–Kier alpha value is -0.480. The van der Waals surface area contributed by atoms with E-state index in [0.717, 1.165) is 16.8 Å². The van der Waals surface area contributed by atoms with Crippen molar-refractivity contribution in [2.75, 3.05) is 12.3 Å². The van der Waals surface area contributed by atoms with Crippen molar-refractivity contribution in [3.63, 3.8) is 0 Å². The van der Waals surface area contributed by atoms with E-state index in [4.69, 9.17) is 5.73 Å². The molecule has 0 aliphatic carbocycles. The Bertz CT molecular complexity index is 326. The van der Waals surface area contributed by atoms with Crippen LogP contribution in [0.1, 0.15) is 6.92 Å². The van der Waals surface area contributed by atoms with Gasteiger partial charge in [0.1, 0.15) is 5.84 Å². The Morgan fingerprint density at radius 1 is 1.57 bits per heavy atom. The second-order valence-corrected chi connectivity index (χ2v) is 4.68. The number of aliphatic imine (C=N–C) groups is 1. The lowest BCUT2D eigenvalue weighted by atomic mass is 10.4. The molecule has 0 aliphatic heterocycles. The van der Waals surface area contributed by atoms with Crippen molar-refractivity contribution in [2.24, 2.45) is 10.7 Å². The summed E-state index contributed by atoms with van der Waals surface area (Å²) in [5.41, 5.74) is 5.69. The lowest BCUT2D eigenvalue weighted by Crippen LogP contribution is -2.14. The van der Waals surface area contributed by atoms with Crippen molar-refractivity contribution in [3.05, 3.63) is 28.7 Å². The summed E-state index contributed by atoms with van der Waals surface area (Å²) in [7, 11) is 0. The second-order valence-electron chi connectivity index (χ2n) is 2.71. The molecular formula is C10H13BrN2S. The number of nitrogens with zero attached hydrogens (tertiary/aromatic N) is 1. The van der Waals surface area contributed by atoms with Crippen molar-refractivity contribution in [1.82, 2.24) is 0 Å². The normalized spacial score (nSPS) is 11.7. The molecule has 1 aromatic carbocycles. The first-order valence-electron chi connectivity index (χ1n) is 4.39. The van der Waals surface area contributed by atoms with Crippen LogP contribution in [0.15, 0.2) is 38.6 Å². The Labute approximate surface area is 97.1 Å². The Morgan fingerprint density at radius 3 is 3.00 bits per heavy atom. The summed E-state index contributed by atoms with van der Waals surface area (Å²) < 4.78 is 1.09. The highest BCUT2D eigenvalue weighted by molar-refractivity contribution is 9.10. The van der Waals surface area contributed by atoms with Crippen LogP contribution >= 0.6 is 27.7 Å². The molecule has 76 valence electrons. The fraction of sp³-hybridized carbons (Fsp3) is 0.300. The molecule has 0 saturated carbocycles. The van der Waals surface area contributed by atoms with Crippen molar-refractivity contribution in [3.8, 4) is 0 Å². The van der Waals surface area contributed by atoms with Crippen LogP contribution in [0.4, 0.5) is 0 Å². The first-order chi connectivity index (χ1) is 6.72. The van der Waals surface area contributed by atoms with E-state index in [9.17, 15) is 0 Å². The average molecular weight is 273 g/mol. The number of nitrogens with two attached hydrogens (primary N) is 1. The van der Waals surface area contributed by atoms with Gasteiger partial charge in [-0.15, -0.1) is 11.8 Å². The van der Waals surface area contributed by atoms with Crippen molar-refractivity contribution in [1.29, 1.82) is 0 Å². The summed E-state index contributed by atoms with van der Waals surface area (Å²) in [6, 6.07) is 8.16. The molecule has 0 radical (unpaired) electrons. The zero-order valence-electron chi connectivity index (χ0n) is 8.03. The number of hydrogen-bond donors (Lipinski definition) is 1. The fourth-order valence-electron chi connectivity index (χ4n) is 0.963. The molecule has 2 N–H and O–H groups in total. The lowest BCUT2D eigenvalue weighted by molar-refractivity contribution is 1.12. The van der Waals surface area contributed by atoms with Gasteiger partial charge in [-0.25, -0.2) is 0 Å². The van der Waals surface area contributed by atoms with Gasteiger partial charge in [0, 0.05) is 15.9 Å². The van der Waals surface area contributed by atoms with Crippen LogP contribution in [0.3, 0.4) is 0 Å². The quantitative estimate of drug-likeness (QED) is 0.520. The monoisotopic (exact) mass is 272 g/mol. The van der Waals surface area contributed by atoms with Gasteiger partial charge in [0.15, 0.2) is 0 Å². The number of thioether (sulfide) groups is 1. The van der Waals surface area contributed by atoms with Crippen LogP contribution in [0.25, 0.3) is 0 Å². The van der Waals surface area contributed by atoms with E-state index in [2.05, 4.69) is 33.1 Å². The predicted octanol–water partition coefficient (Wildman–Crippen LogP) is 2.92. The minimum absolute atomic E-state index is 0.706. The van der Waals surface area contributed by atoms with Crippen molar-refractivity contribution in [2.45, 2.75) is 11.8 Å². The molecule has 14 heavy (non-hydrogen) atoms. The number of halogens is 1. The maximum Gasteiger partial charge on any atom is 0.104 e. The molecule has 0 aromatic heterocycles. The van der Waals surface area contributed by atoms with E-state index in [1.54, 1.807) is 11.8 Å². The van der Waals surface area contributed by atoms with Crippen LogP contribution in [0.5, 0.6) is 0 Å². The van der Waals surface area contributed by atoms with E-state index < -0.39 is 0 Å². The van der Waals surface area contributed by atoms with Gasteiger partial charge in [0.25, 0.3) is 0 Å². The SMILES string of the molecule is CCN=C(N)CSc1cccc(Br)c1. The van der Waals surface area contributed by atoms with E-state index in [-0.39, 0.29) is 0 Å². The third kappa shape index (κ3) is 4.15. The summed E-state index contributed by atoms with van der Waals surface area (Å²) in [5.74, 6) is 1.46. The molecule has 0 spiro atoms. The largest absolute Gasteiger partial charge is 0.387 e. The summed E-state index contributed by atoms with van der Waals surface area (Å²) in [6.07, 6.45) is 0. The van der Waals surface area contributed by atoms with Gasteiger partial charge in [-0.1, -0.05) is 22.0 Å². The molecule has 0 amide bonds. The topological polar surface area (TPSA) is 38.4 Å². The maximum absolute atomic E-state index is 5.69. The molecule has 0 saturated heterocycles. The molecule has 0 fully saturated rings. The maximum atomic E-state index is 5.69. The van der Waals surface area contributed by atoms with E-state index >= 15 is 0 Å². The third-order valence-corrected chi connectivity index (χ3v) is 3.06. The number of benzene rings is 1. The molecule has 2 nitrogen and oxygen atoms in total. The van der Waals surface area contributed by atoms with Gasteiger partial charge in [-0.2, -0.15) is 0 Å². The smallest absolute Gasteiger partial charge is 0.104 e. The number of hydrogen-bond acceptors (Lipinski definition) is 2. The predicted molar refractivity (Wildman–Crippen MR) is 67.0 cm³/mol. The highest BCUT2D eigenvalue weighted by atomic mass is 79.9. The number of amidine groups is 1. The van der Waals surface area contributed by atoms with Crippen LogP contribution in [0, 0.1) is 0 Å². The highest BCUT2D eigenvalue weighted by Gasteiger charge is 1.96. The van der Waals surface area contributed by atoms with Crippen LogP contribution in [-0.2, 0) is 0 Å². The molecule has 0 aliphatic rings. The molecule has 0 bridgehead atoms. The second kappa shape index (κ2) is 6.09. The van der Waals surface area contributed by atoms with Gasteiger partial charge < -0.3 is 5.73 Å². The Balaban J connectivity index is 2.49. The highest BCUT2D eigenvalue weighted by Crippen LogP contribution is 2.21. The molecular weight excluding hydrogens is 260 g/mol. The molecule has 1 rings (SSSR count). The molecule has 4 heteroatoms. The Morgan fingerprint density at radius 2 is 2.36 bits per heavy atom. The van der Waals surface area contributed by atoms with Crippen LogP contribution in [0.2, 0.25) is 0 Å². The Kier molecular flexibility index (Phi) is 5.04. The average Bonchev–Trinajstić information content (AvgIpc) is 2.15. The van der Waals surface area contributed by atoms with Gasteiger partial charge in [-0.05, 0) is 25.1 Å². The zero-order chi connectivity index (χ0) is 10.4. The summed E-state index contributed by atoms with van der Waals surface area (Å²) in [5, 5.41) is 0. The first kappa shape index (κ1) is 11.6. The number of rotatable bonds is 4. The minimum atomic E-state index is 0.706. The fourth-order valence-corrected chi connectivity index (χ4v) is 2.30. The standard InChI is InChI=1S/C10H13BrN2S/c1-2-13-10(12)7-14-9-5-3-4-8(11)6-9/h3-6H,2,7H2,1H3,(H2,12,13).